The minimum Gasteiger partial charge on any atom is -0.356 e. The summed E-state index contributed by atoms with van der Waals surface area (Å²) in [6, 6.07) is 2.12. The topological polar surface area (TPSA) is 29.0 Å². The van der Waals surface area contributed by atoms with Gasteiger partial charge in [0.05, 0.1) is 0 Å². The Balaban J connectivity index is 1.83. The molecule has 1 saturated carbocycles. The predicted octanol–water partition coefficient (Wildman–Crippen LogP) is 2.33. The lowest BCUT2D eigenvalue weighted by Gasteiger charge is -2.18. The molecule has 0 spiro atoms. The van der Waals surface area contributed by atoms with Crippen molar-refractivity contribution in [3.05, 3.63) is 17.6 Å². The Morgan fingerprint density at radius 3 is 2.44 bits per heavy atom. The number of nitrogens with zero attached hydrogens (tertiary/aromatic N) is 3. The highest BCUT2D eigenvalue weighted by molar-refractivity contribution is 5.41. The highest BCUT2D eigenvalue weighted by atomic mass is 15.2. The summed E-state index contributed by atoms with van der Waals surface area (Å²) in [6.07, 6.45) is 4.28. The van der Waals surface area contributed by atoms with E-state index in [0.717, 1.165) is 29.2 Å². The van der Waals surface area contributed by atoms with Crippen molar-refractivity contribution in [1.29, 1.82) is 0 Å². The van der Waals surface area contributed by atoms with Crippen molar-refractivity contribution < 1.29 is 0 Å². The Kier molecular flexibility index (Phi) is 2.34. The first-order valence-electron chi connectivity index (χ1n) is 6.29. The van der Waals surface area contributed by atoms with Crippen LogP contribution in [0.25, 0.3) is 0 Å². The van der Waals surface area contributed by atoms with Gasteiger partial charge in [-0.1, -0.05) is 6.42 Å². The van der Waals surface area contributed by atoms with Gasteiger partial charge in [-0.3, -0.25) is 0 Å². The number of rotatable bonds is 1. The van der Waals surface area contributed by atoms with E-state index in [0.29, 0.717) is 0 Å². The fraction of sp³-hybridized carbons (Fsp3) is 0.692. The van der Waals surface area contributed by atoms with Crippen LogP contribution in [0.3, 0.4) is 0 Å². The number of aromatic nitrogens is 2. The molecule has 2 atom stereocenters. The van der Waals surface area contributed by atoms with Gasteiger partial charge < -0.3 is 4.90 Å². The van der Waals surface area contributed by atoms with Gasteiger partial charge in [-0.15, -0.1) is 0 Å². The summed E-state index contributed by atoms with van der Waals surface area (Å²) >= 11 is 0. The molecule has 2 unspecified atom stereocenters. The molecule has 2 fully saturated rings. The predicted molar refractivity (Wildman–Crippen MR) is 64.6 cm³/mol. The molecule has 1 aliphatic heterocycles. The monoisotopic (exact) mass is 217 g/mol. The second-order valence-electron chi connectivity index (χ2n) is 5.27. The van der Waals surface area contributed by atoms with E-state index >= 15 is 0 Å². The molecule has 1 saturated heterocycles. The molecule has 3 nitrogen and oxygen atoms in total. The van der Waals surface area contributed by atoms with E-state index in [1.807, 2.05) is 6.92 Å². The van der Waals surface area contributed by atoms with Gasteiger partial charge in [0.2, 0.25) is 0 Å². The van der Waals surface area contributed by atoms with E-state index in [1.54, 1.807) is 0 Å². The van der Waals surface area contributed by atoms with Crippen LogP contribution in [0.15, 0.2) is 6.07 Å². The molecule has 0 amide bonds. The number of fused-ring (bicyclic) bond motifs is 1. The summed E-state index contributed by atoms with van der Waals surface area (Å²) in [5.41, 5.74) is 1.08. The van der Waals surface area contributed by atoms with E-state index in [4.69, 9.17) is 0 Å². The van der Waals surface area contributed by atoms with Crippen molar-refractivity contribution in [1.82, 2.24) is 9.97 Å². The van der Waals surface area contributed by atoms with Crippen LogP contribution in [0.2, 0.25) is 0 Å². The highest BCUT2D eigenvalue weighted by Gasteiger charge is 2.36. The van der Waals surface area contributed by atoms with Gasteiger partial charge in [0.15, 0.2) is 0 Å². The third-order valence-electron chi connectivity index (χ3n) is 4.00. The van der Waals surface area contributed by atoms with Gasteiger partial charge in [0, 0.05) is 24.8 Å². The largest absolute Gasteiger partial charge is 0.356 e. The molecule has 2 heterocycles. The maximum atomic E-state index is 4.56. The lowest BCUT2D eigenvalue weighted by Crippen LogP contribution is -2.22. The summed E-state index contributed by atoms with van der Waals surface area (Å²) in [5, 5.41) is 0. The molecular weight excluding hydrogens is 198 g/mol. The summed E-state index contributed by atoms with van der Waals surface area (Å²) in [6.45, 7) is 6.45. The molecular formula is C13H19N3. The van der Waals surface area contributed by atoms with Gasteiger partial charge >= 0.3 is 0 Å². The molecule has 86 valence electrons. The molecule has 0 aromatic carbocycles. The molecule has 2 aliphatic rings. The van der Waals surface area contributed by atoms with Crippen molar-refractivity contribution in [3.63, 3.8) is 0 Å². The Labute approximate surface area is 96.9 Å². The van der Waals surface area contributed by atoms with E-state index in [2.05, 4.69) is 27.9 Å². The fourth-order valence-corrected chi connectivity index (χ4v) is 3.28. The van der Waals surface area contributed by atoms with Crippen molar-refractivity contribution in [2.75, 3.05) is 18.0 Å². The quantitative estimate of drug-likeness (QED) is 0.723. The minimum absolute atomic E-state index is 0.895. The van der Waals surface area contributed by atoms with Crippen LogP contribution >= 0.6 is 0 Å². The zero-order valence-electron chi connectivity index (χ0n) is 10.1. The highest BCUT2D eigenvalue weighted by Crippen LogP contribution is 2.39. The van der Waals surface area contributed by atoms with Gasteiger partial charge in [0.1, 0.15) is 11.6 Å². The third-order valence-corrected chi connectivity index (χ3v) is 4.00. The second-order valence-corrected chi connectivity index (χ2v) is 5.27. The molecule has 0 radical (unpaired) electrons. The molecule has 16 heavy (non-hydrogen) atoms. The third kappa shape index (κ3) is 1.68. The molecule has 1 aromatic heterocycles. The van der Waals surface area contributed by atoms with Crippen LogP contribution in [-0.4, -0.2) is 23.1 Å². The van der Waals surface area contributed by atoms with E-state index in [1.165, 1.54) is 32.4 Å². The zero-order chi connectivity index (χ0) is 11.1. The van der Waals surface area contributed by atoms with Crippen molar-refractivity contribution in [2.45, 2.75) is 33.1 Å². The smallest absolute Gasteiger partial charge is 0.132 e. The average molecular weight is 217 g/mol. The number of hydrogen-bond acceptors (Lipinski definition) is 3. The van der Waals surface area contributed by atoms with Crippen molar-refractivity contribution >= 4 is 5.82 Å². The molecule has 0 bridgehead atoms. The summed E-state index contributed by atoms with van der Waals surface area (Å²) in [7, 11) is 0. The Morgan fingerprint density at radius 2 is 1.81 bits per heavy atom. The van der Waals surface area contributed by atoms with Gasteiger partial charge in [-0.2, -0.15) is 0 Å². The average Bonchev–Trinajstić information content (AvgIpc) is 2.74. The summed E-state index contributed by atoms with van der Waals surface area (Å²) in [4.78, 5) is 11.4. The SMILES string of the molecule is Cc1cc(N2CC3CCCC3C2)nc(C)n1. The van der Waals surface area contributed by atoms with E-state index < -0.39 is 0 Å². The molecule has 0 N–H and O–H groups in total. The number of anilines is 1. The Bertz CT molecular complexity index is 370. The second kappa shape index (κ2) is 3.72. The van der Waals surface area contributed by atoms with Crippen molar-refractivity contribution in [2.24, 2.45) is 11.8 Å². The van der Waals surface area contributed by atoms with Crippen LogP contribution in [0.1, 0.15) is 30.8 Å². The standard InChI is InChI=1S/C13H19N3/c1-9-6-13(15-10(2)14-9)16-7-11-4-3-5-12(11)8-16/h6,11-12H,3-5,7-8H2,1-2H3. The summed E-state index contributed by atoms with van der Waals surface area (Å²) in [5.74, 6) is 3.89. The Morgan fingerprint density at radius 1 is 1.12 bits per heavy atom. The van der Waals surface area contributed by atoms with Crippen LogP contribution in [0.5, 0.6) is 0 Å². The first-order chi connectivity index (χ1) is 7.72. The molecule has 3 heteroatoms. The number of aryl methyl sites for hydroxylation is 2. The first-order valence-corrected chi connectivity index (χ1v) is 6.29. The van der Waals surface area contributed by atoms with Crippen LogP contribution in [-0.2, 0) is 0 Å². The van der Waals surface area contributed by atoms with Gasteiger partial charge in [-0.05, 0) is 38.5 Å². The van der Waals surface area contributed by atoms with Crippen LogP contribution in [0, 0.1) is 25.7 Å². The van der Waals surface area contributed by atoms with Gasteiger partial charge in [-0.25, -0.2) is 9.97 Å². The minimum atomic E-state index is 0.895. The maximum absolute atomic E-state index is 4.56. The van der Waals surface area contributed by atoms with Gasteiger partial charge in [0.25, 0.3) is 0 Å². The Hall–Kier alpha value is -1.12. The van der Waals surface area contributed by atoms with Crippen LogP contribution < -0.4 is 4.90 Å². The summed E-state index contributed by atoms with van der Waals surface area (Å²) < 4.78 is 0. The van der Waals surface area contributed by atoms with E-state index in [9.17, 15) is 0 Å². The fourth-order valence-electron chi connectivity index (χ4n) is 3.28. The lowest BCUT2D eigenvalue weighted by atomic mass is 10.0. The number of hydrogen-bond donors (Lipinski definition) is 0. The molecule has 1 aromatic rings. The zero-order valence-corrected chi connectivity index (χ0v) is 10.1. The molecule has 1 aliphatic carbocycles. The van der Waals surface area contributed by atoms with Crippen LogP contribution in [0.4, 0.5) is 5.82 Å². The van der Waals surface area contributed by atoms with Crippen molar-refractivity contribution in [3.8, 4) is 0 Å². The normalized spacial score (nSPS) is 28.5. The first kappa shape index (κ1) is 10.1. The van der Waals surface area contributed by atoms with E-state index in [-0.39, 0.29) is 0 Å². The molecule has 3 rings (SSSR count). The maximum Gasteiger partial charge on any atom is 0.132 e. The lowest BCUT2D eigenvalue weighted by molar-refractivity contribution is 0.494.